The number of anilines is 1. The predicted octanol–water partition coefficient (Wildman–Crippen LogP) is 1.26. The van der Waals surface area contributed by atoms with Gasteiger partial charge in [-0.1, -0.05) is 11.3 Å². The molecule has 0 aliphatic carbocycles. The van der Waals surface area contributed by atoms with E-state index in [1.165, 1.54) is 15.7 Å². The first-order valence-corrected chi connectivity index (χ1v) is 7.19. The van der Waals surface area contributed by atoms with Crippen LogP contribution >= 0.6 is 11.3 Å². The maximum Gasteiger partial charge on any atom is 0.373 e. The molecule has 106 valence electrons. The Morgan fingerprint density at radius 3 is 3.00 bits per heavy atom. The van der Waals surface area contributed by atoms with Gasteiger partial charge in [-0.25, -0.2) is 0 Å². The first-order chi connectivity index (χ1) is 9.69. The number of fused-ring (bicyclic) bond motifs is 1. The number of aromatic nitrogens is 2. The third-order valence-corrected chi connectivity index (χ3v) is 4.46. The second kappa shape index (κ2) is 4.14. The summed E-state index contributed by atoms with van der Waals surface area (Å²) in [6.07, 6.45) is 2.37. The Morgan fingerprint density at radius 2 is 2.25 bits per heavy atom. The molecule has 2 aliphatic heterocycles. The Bertz CT molecular complexity index is 675. The van der Waals surface area contributed by atoms with Crippen molar-refractivity contribution in [1.82, 2.24) is 9.38 Å². The molecule has 8 nitrogen and oxygen atoms in total. The average Bonchev–Trinajstić information content (AvgIpc) is 3.14. The molecule has 2 aliphatic rings. The largest absolute Gasteiger partial charge is 0.373 e. The fourth-order valence-corrected chi connectivity index (χ4v) is 3.52. The van der Waals surface area contributed by atoms with Crippen LogP contribution < -0.4 is 4.90 Å². The predicted molar refractivity (Wildman–Crippen MR) is 71.2 cm³/mol. The summed E-state index contributed by atoms with van der Waals surface area (Å²) in [6, 6.07) is 0. The number of hydrogen-bond donors (Lipinski definition) is 0. The fourth-order valence-electron chi connectivity index (χ4n) is 2.81. The zero-order chi connectivity index (χ0) is 13.7. The Balaban J connectivity index is 1.73. The van der Waals surface area contributed by atoms with Gasteiger partial charge in [0.05, 0.1) is 19.8 Å². The minimum Gasteiger partial charge on any atom is -0.358 e. The number of nitrogens with zero attached hydrogens (tertiary/aromatic N) is 4. The van der Waals surface area contributed by atoms with Gasteiger partial charge in [-0.15, -0.1) is 0 Å². The van der Waals surface area contributed by atoms with E-state index in [1.54, 1.807) is 11.6 Å². The van der Waals surface area contributed by atoms with Crippen molar-refractivity contribution in [2.24, 2.45) is 0 Å². The van der Waals surface area contributed by atoms with E-state index < -0.39 is 5.79 Å². The minimum absolute atomic E-state index is 0.0105. The minimum atomic E-state index is -0.606. The molecule has 0 atom stereocenters. The molecule has 1 spiro atoms. The Kier molecular flexibility index (Phi) is 2.50. The van der Waals surface area contributed by atoms with Crippen molar-refractivity contribution in [3.8, 4) is 0 Å². The van der Waals surface area contributed by atoms with Crippen LogP contribution in [0.1, 0.15) is 6.42 Å². The molecule has 2 aromatic heterocycles. The number of hydrogen-bond acceptors (Lipinski definition) is 7. The third-order valence-electron chi connectivity index (χ3n) is 3.70. The Hall–Kier alpha value is -1.71. The monoisotopic (exact) mass is 296 g/mol. The summed E-state index contributed by atoms with van der Waals surface area (Å²) >= 11 is 1.38. The maximum absolute atomic E-state index is 11.3. The van der Waals surface area contributed by atoms with Gasteiger partial charge in [0.15, 0.2) is 5.79 Å². The van der Waals surface area contributed by atoms with Crippen LogP contribution in [0.25, 0.3) is 4.96 Å². The molecule has 2 fully saturated rings. The molecule has 0 amide bonds. The molecule has 20 heavy (non-hydrogen) atoms. The highest BCUT2D eigenvalue weighted by Gasteiger charge is 2.45. The second-order valence-electron chi connectivity index (χ2n) is 4.85. The van der Waals surface area contributed by atoms with E-state index in [1.807, 2.05) is 4.90 Å². The van der Waals surface area contributed by atoms with Gasteiger partial charge in [0, 0.05) is 18.3 Å². The van der Waals surface area contributed by atoms with Crippen LogP contribution in [0.2, 0.25) is 0 Å². The highest BCUT2D eigenvalue weighted by Crippen LogP contribution is 2.37. The summed E-state index contributed by atoms with van der Waals surface area (Å²) in [5, 5.41) is 13.1. The molecule has 0 N–H and O–H groups in total. The quantitative estimate of drug-likeness (QED) is 0.613. The van der Waals surface area contributed by atoms with Crippen LogP contribution in [0.5, 0.6) is 0 Å². The van der Waals surface area contributed by atoms with Gasteiger partial charge in [-0.3, -0.25) is 0 Å². The highest BCUT2D eigenvalue weighted by atomic mass is 32.1. The van der Waals surface area contributed by atoms with E-state index in [9.17, 15) is 10.1 Å². The second-order valence-corrected chi connectivity index (χ2v) is 5.72. The molecule has 9 heteroatoms. The number of thiazole rings is 1. The van der Waals surface area contributed by atoms with Gasteiger partial charge < -0.3 is 24.5 Å². The maximum atomic E-state index is 11.3. The van der Waals surface area contributed by atoms with E-state index >= 15 is 0 Å². The van der Waals surface area contributed by atoms with Crippen LogP contribution in [0, 0.1) is 10.1 Å². The molecule has 2 aromatic rings. The van der Waals surface area contributed by atoms with Crippen LogP contribution in [0.4, 0.5) is 11.6 Å². The summed E-state index contributed by atoms with van der Waals surface area (Å²) in [6.45, 7) is 2.28. The fraction of sp³-hybridized carbons (Fsp3) is 0.545. The number of imidazole rings is 1. The topological polar surface area (TPSA) is 82.1 Å². The smallest absolute Gasteiger partial charge is 0.358 e. The SMILES string of the molecule is O=[N+]([O-])c1c(N2CCC3(C2)OCCO3)nc2sccn12. The lowest BCUT2D eigenvalue weighted by molar-refractivity contribution is -0.389. The molecule has 4 heterocycles. The zero-order valence-corrected chi connectivity index (χ0v) is 11.3. The number of nitro groups is 1. The van der Waals surface area contributed by atoms with Crippen LogP contribution in [0.15, 0.2) is 11.6 Å². The third kappa shape index (κ3) is 1.63. The van der Waals surface area contributed by atoms with Gasteiger partial charge >= 0.3 is 5.82 Å². The van der Waals surface area contributed by atoms with Crippen molar-refractivity contribution < 1.29 is 14.4 Å². The van der Waals surface area contributed by atoms with Crippen molar-refractivity contribution in [2.75, 3.05) is 31.2 Å². The summed E-state index contributed by atoms with van der Waals surface area (Å²) in [5.41, 5.74) is 0. The van der Waals surface area contributed by atoms with E-state index in [4.69, 9.17) is 9.47 Å². The first kappa shape index (κ1) is 12.1. The summed E-state index contributed by atoms with van der Waals surface area (Å²) in [4.78, 5) is 17.8. The normalized spacial score (nSPS) is 21.3. The molecular formula is C11H12N4O4S. The molecule has 0 aromatic carbocycles. The number of rotatable bonds is 2. The van der Waals surface area contributed by atoms with Crippen molar-refractivity contribution in [1.29, 1.82) is 0 Å². The standard InChI is InChI=1S/C11H12N4O4S/c16-15(17)9-8(12-10-14(9)3-6-20-10)13-2-1-11(7-13)18-4-5-19-11/h3,6H,1-2,4-5,7H2. The summed E-state index contributed by atoms with van der Waals surface area (Å²) in [7, 11) is 0. The lowest BCUT2D eigenvalue weighted by Crippen LogP contribution is -2.34. The lowest BCUT2D eigenvalue weighted by Gasteiger charge is -2.21. The molecule has 4 rings (SSSR count). The Labute approximate surface area is 117 Å². The van der Waals surface area contributed by atoms with E-state index in [0.717, 1.165) is 0 Å². The van der Waals surface area contributed by atoms with E-state index in [-0.39, 0.29) is 10.7 Å². The van der Waals surface area contributed by atoms with Crippen LogP contribution in [-0.4, -0.2) is 46.4 Å². The highest BCUT2D eigenvalue weighted by molar-refractivity contribution is 7.15. The zero-order valence-electron chi connectivity index (χ0n) is 10.5. The summed E-state index contributed by atoms with van der Waals surface area (Å²) < 4.78 is 12.8. The average molecular weight is 296 g/mol. The first-order valence-electron chi connectivity index (χ1n) is 6.31. The van der Waals surface area contributed by atoms with E-state index in [2.05, 4.69) is 4.98 Å². The van der Waals surface area contributed by atoms with Gasteiger partial charge in [0.2, 0.25) is 5.82 Å². The van der Waals surface area contributed by atoms with Crippen molar-refractivity contribution in [3.63, 3.8) is 0 Å². The molecule has 2 saturated heterocycles. The van der Waals surface area contributed by atoms with Gasteiger partial charge in [0.1, 0.15) is 6.20 Å². The Morgan fingerprint density at radius 1 is 1.45 bits per heavy atom. The molecular weight excluding hydrogens is 284 g/mol. The van der Waals surface area contributed by atoms with Crippen LogP contribution in [0.3, 0.4) is 0 Å². The van der Waals surface area contributed by atoms with Gasteiger partial charge in [-0.2, -0.15) is 9.38 Å². The molecule has 0 unspecified atom stereocenters. The van der Waals surface area contributed by atoms with Crippen molar-refractivity contribution >= 4 is 27.9 Å². The van der Waals surface area contributed by atoms with Crippen molar-refractivity contribution in [2.45, 2.75) is 12.2 Å². The van der Waals surface area contributed by atoms with Crippen molar-refractivity contribution in [3.05, 3.63) is 21.7 Å². The summed E-state index contributed by atoms with van der Waals surface area (Å²) in [5.74, 6) is -0.195. The molecule has 0 radical (unpaired) electrons. The molecule has 0 saturated carbocycles. The van der Waals surface area contributed by atoms with Crippen LogP contribution in [-0.2, 0) is 9.47 Å². The number of ether oxygens (including phenoxy) is 2. The molecule has 0 bridgehead atoms. The van der Waals surface area contributed by atoms with E-state index in [0.29, 0.717) is 43.5 Å². The van der Waals surface area contributed by atoms with Gasteiger partial charge in [-0.05, 0) is 4.92 Å². The lowest BCUT2D eigenvalue weighted by atomic mass is 10.2. The van der Waals surface area contributed by atoms with Gasteiger partial charge in [0.25, 0.3) is 4.96 Å².